The van der Waals surface area contributed by atoms with E-state index in [2.05, 4.69) is 5.32 Å². The normalized spacial score (nSPS) is 8.29. The highest BCUT2D eigenvalue weighted by atomic mass is 16.2. The van der Waals surface area contributed by atoms with E-state index in [0.717, 1.165) is 5.69 Å². The van der Waals surface area contributed by atoms with E-state index in [4.69, 9.17) is 0 Å². The molecule has 0 saturated carbocycles. The molecule has 0 bridgehead atoms. The van der Waals surface area contributed by atoms with E-state index in [1.807, 2.05) is 37.4 Å². The van der Waals surface area contributed by atoms with Crippen LogP contribution in [-0.4, -0.2) is 32.0 Å². The number of rotatable bonds is 1. The number of carbonyl (C=O) groups is 1. The number of nitrogens with zero attached hydrogens (tertiary/aromatic N) is 1. The Labute approximate surface area is 85.7 Å². The van der Waals surface area contributed by atoms with Crippen LogP contribution in [0, 0.1) is 0 Å². The van der Waals surface area contributed by atoms with Gasteiger partial charge in [0.2, 0.25) is 5.91 Å². The van der Waals surface area contributed by atoms with Crippen molar-refractivity contribution in [2.45, 2.75) is 6.92 Å². The van der Waals surface area contributed by atoms with Gasteiger partial charge in [0.15, 0.2) is 0 Å². The molecule has 0 heterocycles. The molecule has 78 valence electrons. The average Bonchev–Trinajstić information content (AvgIpc) is 2.20. The lowest BCUT2D eigenvalue weighted by Gasteiger charge is -2.02. The number of anilines is 1. The van der Waals surface area contributed by atoms with Crippen LogP contribution < -0.4 is 5.32 Å². The van der Waals surface area contributed by atoms with Gasteiger partial charge in [0.1, 0.15) is 0 Å². The van der Waals surface area contributed by atoms with Crippen molar-refractivity contribution in [3.63, 3.8) is 0 Å². The minimum atomic E-state index is 0.0926. The summed E-state index contributed by atoms with van der Waals surface area (Å²) in [6.07, 6.45) is 0. The first kappa shape index (κ1) is 12.5. The molecular formula is C11H18N2O. The highest BCUT2D eigenvalue weighted by molar-refractivity contribution is 5.72. The van der Waals surface area contributed by atoms with Crippen molar-refractivity contribution < 1.29 is 4.79 Å². The molecule has 1 aromatic rings. The molecule has 0 atom stereocenters. The summed E-state index contributed by atoms with van der Waals surface area (Å²) in [5.74, 6) is 0.0926. The Morgan fingerprint density at radius 2 is 1.64 bits per heavy atom. The van der Waals surface area contributed by atoms with Crippen LogP contribution in [0.1, 0.15) is 6.92 Å². The number of benzene rings is 1. The number of hydrogen-bond donors (Lipinski definition) is 1. The van der Waals surface area contributed by atoms with Gasteiger partial charge in [0, 0.05) is 33.8 Å². The molecule has 0 aliphatic rings. The van der Waals surface area contributed by atoms with Gasteiger partial charge in [-0.3, -0.25) is 4.79 Å². The molecule has 0 radical (unpaired) electrons. The SMILES string of the molecule is CC(=O)N(C)C.CNc1ccccc1. The summed E-state index contributed by atoms with van der Waals surface area (Å²) in [6, 6.07) is 10.1. The fourth-order valence-electron chi connectivity index (χ4n) is 0.605. The summed E-state index contributed by atoms with van der Waals surface area (Å²) in [7, 11) is 5.36. The minimum absolute atomic E-state index is 0.0926. The Kier molecular flexibility index (Phi) is 6.20. The van der Waals surface area contributed by atoms with Crippen LogP contribution in [0.2, 0.25) is 0 Å². The van der Waals surface area contributed by atoms with Gasteiger partial charge in [0.05, 0.1) is 0 Å². The van der Waals surface area contributed by atoms with E-state index in [1.54, 1.807) is 14.1 Å². The van der Waals surface area contributed by atoms with Crippen LogP contribution in [-0.2, 0) is 4.79 Å². The van der Waals surface area contributed by atoms with Crippen molar-refractivity contribution in [3.8, 4) is 0 Å². The molecule has 0 spiro atoms. The average molecular weight is 194 g/mol. The highest BCUT2D eigenvalue weighted by Crippen LogP contribution is 2.01. The zero-order chi connectivity index (χ0) is 11.0. The molecular weight excluding hydrogens is 176 g/mol. The first-order valence-electron chi connectivity index (χ1n) is 4.48. The van der Waals surface area contributed by atoms with Gasteiger partial charge in [-0.15, -0.1) is 0 Å². The predicted molar refractivity (Wildman–Crippen MR) is 60.4 cm³/mol. The molecule has 1 amide bonds. The van der Waals surface area contributed by atoms with Crippen LogP contribution in [0.3, 0.4) is 0 Å². The van der Waals surface area contributed by atoms with E-state index in [9.17, 15) is 4.79 Å². The first-order chi connectivity index (χ1) is 6.57. The number of para-hydroxylation sites is 1. The number of hydrogen-bond acceptors (Lipinski definition) is 2. The zero-order valence-corrected chi connectivity index (χ0v) is 9.24. The van der Waals surface area contributed by atoms with Crippen molar-refractivity contribution in [2.75, 3.05) is 26.5 Å². The standard InChI is InChI=1S/C7H9N.C4H9NO/c1-8-7-5-3-2-4-6-7;1-4(6)5(2)3/h2-6,8H,1H3;1-3H3. The molecule has 0 unspecified atom stereocenters. The van der Waals surface area contributed by atoms with Gasteiger partial charge in [-0.1, -0.05) is 18.2 Å². The summed E-state index contributed by atoms with van der Waals surface area (Å²) < 4.78 is 0. The maximum atomic E-state index is 10.1. The smallest absolute Gasteiger partial charge is 0.218 e. The van der Waals surface area contributed by atoms with Gasteiger partial charge in [0.25, 0.3) is 0 Å². The van der Waals surface area contributed by atoms with Crippen molar-refractivity contribution in [3.05, 3.63) is 30.3 Å². The second-order valence-electron chi connectivity index (χ2n) is 3.03. The van der Waals surface area contributed by atoms with E-state index < -0.39 is 0 Å². The third-order valence-corrected chi connectivity index (χ3v) is 1.69. The Hall–Kier alpha value is -1.51. The fourth-order valence-corrected chi connectivity index (χ4v) is 0.605. The minimum Gasteiger partial charge on any atom is -0.388 e. The van der Waals surface area contributed by atoms with Crippen molar-refractivity contribution in [2.24, 2.45) is 0 Å². The Bertz CT molecular complexity index is 257. The van der Waals surface area contributed by atoms with Gasteiger partial charge >= 0.3 is 0 Å². The summed E-state index contributed by atoms with van der Waals surface area (Å²) in [5.41, 5.74) is 1.16. The number of amides is 1. The van der Waals surface area contributed by atoms with Crippen molar-refractivity contribution in [1.29, 1.82) is 0 Å². The topological polar surface area (TPSA) is 32.3 Å². The predicted octanol–water partition coefficient (Wildman–Crippen LogP) is 1.82. The number of nitrogens with one attached hydrogen (secondary N) is 1. The Morgan fingerprint density at radius 1 is 1.21 bits per heavy atom. The van der Waals surface area contributed by atoms with Crippen LogP contribution in [0.5, 0.6) is 0 Å². The summed E-state index contributed by atoms with van der Waals surface area (Å²) in [5, 5.41) is 3.03. The molecule has 0 aliphatic carbocycles. The van der Waals surface area contributed by atoms with Crippen molar-refractivity contribution in [1.82, 2.24) is 4.90 Å². The largest absolute Gasteiger partial charge is 0.388 e. The molecule has 1 N–H and O–H groups in total. The quantitative estimate of drug-likeness (QED) is 0.739. The molecule has 1 aromatic carbocycles. The monoisotopic (exact) mass is 194 g/mol. The molecule has 0 aliphatic heterocycles. The lowest BCUT2D eigenvalue weighted by atomic mass is 10.3. The summed E-state index contributed by atoms with van der Waals surface area (Å²) in [6.45, 7) is 1.53. The maximum Gasteiger partial charge on any atom is 0.218 e. The Balaban J connectivity index is 0.000000255. The lowest BCUT2D eigenvalue weighted by molar-refractivity contribution is -0.126. The molecule has 0 fully saturated rings. The molecule has 3 nitrogen and oxygen atoms in total. The van der Waals surface area contributed by atoms with Crippen LogP contribution in [0.4, 0.5) is 5.69 Å². The summed E-state index contributed by atoms with van der Waals surface area (Å²) in [4.78, 5) is 11.6. The van der Waals surface area contributed by atoms with E-state index in [-0.39, 0.29) is 5.91 Å². The third kappa shape index (κ3) is 6.06. The lowest BCUT2D eigenvalue weighted by Crippen LogP contribution is -2.17. The van der Waals surface area contributed by atoms with E-state index in [1.165, 1.54) is 11.8 Å². The molecule has 3 heteroatoms. The molecule has 14 heavy (non-hydrogen) atoms. The molecule has 1 rings (SSSR count). The third-order valence-electron chi connectivity index (χ3n) is 1.69. The first-order valence-corrected chi connectivity index (χ1v) is 4.48. The zero-order valence-electron chi connectivity index (χ0n) is 9.24. The van der Waals surface area contributed by atoms with Gasteiger partial charge in [-0.2, -0.15) is 0 Å². The second-order valence-corrected chi connectivity index (χ2v) is 3.03. The van der Waals surface area contributed by atoms with Crippen LogP contribution in [0.15, 0.2) is 30.3 Å². The maximum absolute atomic E-state index is 10.1. The van der Waals surface area contributed by atoms with E-state index >= 15 is 0 Å². The van der Waals surface area contributed by atoms with Crippen LogP contribution in [0.25, 0.3) is 0 Å². The summed E-state index contributed by atoms with van der Waals surface area (Å²) >= 11 is 0. The molecule has 0 saturated heterocycles. The number of carbonyl (C=O) groups excluding carboxylic acids is 1. The van der Waals surface area contributed by atoms with Gasteiger partial charge in [-0.25, -0.2) is 0 Å². The second kappa shape index (κ2) is 6.95. The fraction of sp³-hybridized carbons (Fsp3) is 0.364. The van der Waals surface area contributed by atoms with E-state index in [0.29, 0.717) is 0 Å². The van der Waals surface area contributed by atoms with Gasteiger partial charge < -0.3 is 10.2 Å². The Morgan fingerprint density at radius 3 is 1.86 bits per heavy atom. The highest BCUT2D eigenvalue weighted by Gasteiger charge is 1.87. The van der Waals surface area contributed by atoms with Crippen molar-refractivity contribution >= 4 is 11.6 Å². The van der Waals surface area contributed by atoms with Crippen LogP contribution >= 0.6 is 0 Å². The van der Waals surface area contributed by atoms with Gasteiger partial charge in [-0.05, 0) is 12.1 Å². The molecule has 0 aromatic heterocycles.